The average molecular weight is 672 g/mol. The van der Waals surface area contributed by atoms with Crippen LogP contribution in [0.25, 0.3) is 22.4 Å². The van der Waals surface area contributed by atoms with E-state index in [4.69, 9.17) is 29.4 Å². The van der Waals surface area contributed by atoms with Gasteiger partial charge in [-0.2, -0.15) is 4.98 Å². The van der Waals surface area contributed by atoms with Crippen LogP contribution in [0, 0.1) is 5.92 Å². The molecule has 0 bridgehead atoms. The van der Waals surface area contributed by atoms with E-state index in [0.717, 1.165) is 67.5 Å². The van der Waals surface area contributed by atoms with Gasteiger partial charge in [0.1, 0.15) is 24.7 Å². The highest BCUT2D eigenvalue weighted by molar-refractivity contribution is 6.76. The number of amides is 1. The van der Waals surface area contributed by atoms with Crippen molar-refractivity contribution in [3.05, 3.63) is 60.6 Å². The summed E-state index contributed by atoms with van der Waals surface area (Å²) in [6.07, 6.45) is 6.21. The molecule has 2 saturated heterocycles. The number of likely N-dealkylation sites (tertiary alicyclic amines) is 1. The van der Waals surface area contributed by atoms with Crippen molar-refractivity contribution in [1.29, 1.82) is 0 Å². The van der Waals surface area contributed by atoms with E-state index >= 15 is 0 Å². The molecule has 0 saturated carbocycles. The molecule has 0 radical (unpaired) electrons. The number of nitrogens with zero attached hydrogens (tertiary/aromatic N) is 8. The molecule has 5 heterocycles. The van der Waals surface area contributed by atoms with Gasteiger partial charge in [0, 0.05) is 72.4 Å². The summed E-state index contributed by atoms with van der Waals surface area (Å²) in [5.41, 5.74) is 4.00. The molecule has 2 aliphatic rings. The van der Waals surface area contributed by atoms with E-state index in [2.05, 4.69) is 48.7 Å². The van der Waals surface area contributed by atoms with Gasteiger partial charge in [-0.3, -0.25) is 0 Å². The second kappa shape index (κ2) is 15.0. The fourth-order valence-corrected chi connectivity index (χ4v) is 6.93. The summed E-state index contributed by atoms with van der Waals surface area (Å²) < 4.78 is 13.7. The standard InChI is InChI=1S/C35H49N9O3Si/c1-26-19-28(23-44(22-26)35(45)47-24-27-9-7-6-8-10-27)38-32-29(20-37-34(40-32)42-15-13-41(2)14-16-42)31-21-36-33-30(39-31)11-12-43(33)25-46-17-18-48(3,4)5/h6-12,20-21,26,28H,13-19,22-25H2,1-5H3,(H,37,38,40)/t26-,28?/m0/s1. The van der Waals surface area contributed by atoms with Crippen LogP contribution in [0.15, 0.2) is 55.0 Å². The number of fused-ring (bicyclic) bond motifs is 1. The molecule has 48 heavy (non-hydrogen) atoms. The highest BCUT2D eigenvalue weighted by atomic mass is 28.3. The quantitative estimate of drug-likeness (QED) is 0.164. The topological polar surface area (TPSA) is 114 Å². The Morgan fingerprint density at radius 3 is 2.56 bits per heavy atom. The molecule has 1 amide bonds. The molecular weight excluding hydrogens is 623 g/mol. The van der Waals surface area contributed by atoms with Crippen molar-refractivity contribution in [2.45, 2.75) is 58.4 Å². The Kier molecular flexibility index (Phi) is 10.6. The third kappa shape index (κ3) is 8.68. The van der Waals surface area contributed by atoms with Gasteiger partial charge in [0.25, 0.3) is 0 Å². The number of carbonyl (C=O) groups excluding carboxylic acids is 1. The predicted molar refractivity (Wildman–Crippen MR) is 192 cm³/mol. The number of likely N-dealkylation sites (N-methyl/N-ethyl adjacent to an activating group) is 1. The van der Waals surface area contributed by atoms with E-state index in [9.17, 15) is 4.79 Å². The number of anilines is 2. The van der Waals surface area contributed by atoms with Crippen LogP contribution in [0.2, 0.25) is 25.7 Å². The normalized spacial score (nSPS) is 19.1. The number of nitrogens with one attached hydrogen (secondary N) is 1. The third-order valence-electron chi connectivity index (χ3n) is 8.99. The first-order valence-electron chi connectivity index (χ1n) is 17.0. The minimum absolute atomic E-state index is 0.0295. The number of hydrogen-bond donors (Lipinski definition) is 1. The molecule has 3 aromatic heterocycles. The number of aromatic nitrogens is 5. The lowest BCUT2D eigenvalue weighted by Gasteiger charge is -2.37. The average Bonchev–Trinajstić information content (AvgIpc) is 3.48. The molecule has 2 atom stereocenters. The summed E-state index contributed by atoms with van der Waals surface area (Å²) in [5.74, 6) is 1.66. The lowest BCUT2D eigenvalue weighted by molar-refractivity contribution is 0.0783. The van der Waals surface area contributed by atoms with E-state index in [1.165, 1.54) is 0 Å². The fraction of sp³-hybridized carbons (Fsp3) is 0.514. The number of carbonyl (C=O) groups is 1. The van der Waals surface area contributed by atoms with Crippen molar-refractivity contribution in [3.8, 4) is 11.3 Å². The van der Waals surface area contributed by atoms with Gasteiger partial charge in [0.2, 0.25) is 5.95 Å². The number of hydrogen-bond acceptors (Lipinski definition) is 10. The van der Waals surface area contributed by atoms with E-state index in [-0.39, 0.29) is 24.7 Å². The Balaban J connectivity index is 1.21. The maximum Gasteiger partial charge on any atom is 0.410 e. The van der Waals surface area contributed by atoms with Gasteiger partial charge in [0.15, 0.2) is 5.65 Å². The minimum Gasteiger partial charge on any atom is -0.445 e. The molecule has 1 aromatic carbocycles. The zero-order valence-corrected chi connectivity index (χ0v) is 29.9. The van der Waals surface area contributed by atoms with Gasteiger partial charge >= 0.3 is 6.09 Å². The van der Waals surface area contributed by atoms with Crippen molar-refractivity contribution in [2.24, 2.45) is 5.92 Å². The number of ether oxygens (including phenoxy) is 2. The number of piperidine rings is 1. The lowest BCUT2D eigenvalue weighted by atomic mass is 9.96. The fourth-order valence-electron chi connectivity index (χ4n) is 6.17. The Morgan fingerprint density at radius 1 is 1.00 bits per heavy atom. The van der Waals surface area contributed by atoms with Crippen LogP contribution in [0.3, 0.4) is 0 Å². The minimum atomic E-state index is -1.16. The molecular formula is C35H49N9O3Si. The zero-order valence-electron chi connectivity index (χ0n) is 28.9. The highest BCUT2D eigenvalue weighted by Crippen LogP contribution is 2.30. The first kappa shape index (κ1) is 33.8. The van der Waals surface area contributed by atoms with Gasteiger partial charge in [-0.05, 0) is 37.1 Å². The predicted octanol–water partition coefficient (Wildman–Crippen LogP) is 5.41. The monoisotopic (exact) mass is 671 g/mol. The Labute approximate surface area is 284 Å². The van der Waals surface area contributed by atoms with Gasteiger partial charge in [0.05, 0.1) is 17.5 Å². The van der Waals surface area contributed by atoms with Gasteiger partial charge in [-0.15, -0.1) is 0 Å². The van der Waals surface area contributed by atoms with Crippen LogP contribution in [-0.2, 0) is 22.8 Å². The first-order valence-corrected chi connectivity index (χ1v) is 20.7. The summed E-state index contributed by atoms with van der Waals surface area (Å²) in [5, 5.41) is 3.70. The Morgan fingerprint density at radius 2 is 1.79 bits per heavy atom. The summed E-state index contributed by atoms with van der Waals surface area (Å²) in [7, 11) is 0.977. The maximum absolute atomic E-state index is 13.2. The van der Waals surface area contributed by atoms with E-state index in [1.807, 2.05) is 53.4 Å². The SMILES string of the molecule is C[C@H]1CC(Nc2nc(N3CCN(C)CC3)ncc2-c2cnc3c(ccn3COCC[Si](C)(C)C)n2)CN(C(=O)OCc2ccccc2)C1. The second-order valence-electron chi connectivity index (χ2n) is 14.4. The number of piperazine rings is 1. The molecule has 256 valence electrons. The largest absolute Gasteiger partial charge is 0.445 e. The van der Waals surface area contributed by atoms with Gasteiger partial charge in [-0.1, -0.05) is 56.9 Å². The van der Waals surface area contributed by atoms with E-state index in [0.29, 0.717) is 37.3 Å². The molecule has 2 fully saturated rings. The van der Waals surface area contributed by atoms with Crippen LogP contribution in [0.4, 0.5) is 16.6 Å². The first-order chi connectivity index (χ1) is 23.1. The molecule has 4 aromatic rings. The summed E-state index contributed by atoms with van der Waals surface area (Å²) in [4.78, 5) is 39.2. The number of rotatable bonds is 11. The molecule has 0 aliphatic carbocycles. The van der Waals surface area contributed by atoms with Crippen LogP contribution in [0.5, 0.6) is 0 Å². The van der Waals surface area contributed by atoms with Crippen LogP contribution in [-0.4, -0.2) is 107 Å². The van der Waals surface area contributed by atoms with Gasteiger partial charge in [-0.25, -0.2) is 19.7 Å². The van der Waals surface area contributed by atoms with Crippen molar-refractivity contribution >= 4 is 37.1 Å². The third-order valence-corrected chi connectivity index (χ3v) is 10.7. The van der Waals surface area contributed by atoms with Gasteiger partial charge < -0.3 is 34.1 Å². The molecule has 6 rings (SSSR count). The Hall–Kier alpha value is -4.07. The molecule has 0 spiro atoms. The van der Waals surface area contributed by atoms with E-state index in [1.54, 1.807) is 11.1 Å². The summed E-state index contributed by atoms with van der Waals surface area (Å²) >= 11 is 0. The molecule has 1 N–H and O–H groups in total. The number of benzene rings is 1. The van der Waals surface area contributed by atoms with E-state index < -0.39 is 8.07 Å². The zero-order chi connectivity index (χ0) is 33.7. The smallest absolute Gasteiger partial charge is 0.410 e. The second-order valence-corrected chi connectivity index (χ2v) is 20.1. The maximum atomic E-state index is 13.2. The molecule has 12 nitrogen and oxygen atoms in total. The highest BCUT2D eigenvalue weighted by Gasteiger charge is 2.30. The molecule has 2 aliphatic heterocycles. The Bertz CT molecular complexity index is 1670. The van der Waals surface area contributed by atoms with Crippen molar-refractivity contribution in [1.82, 2.24) is 34.3 Å². The van der Waals surface area contributed by atoms with Crippen LogP contribution < -0.4 is 10.2 Å². The van der Waals surface area contributed by atoms with Crippen LogP contribution in [0.1, 0.15) is 18.9 Å². The van der Waals surface area contributed by atoms with Crippen molar-refractivity contribution in [2.75, 3.05) is 63.1 Å². The lowest BCUT2D eigenvalue weighted by Crippen LogP contribution is -2.48. The van der Waals surface area contributed by atoms with Crippen molar-refractivity contribution in [3.63, 3.8) is 0 Å². The summed E-state index contributed by atoms with van der Waals surface area (Å²) in [6, 6.07) is 12.8. The van der Waals surface area contributed by atoms with Crippen LogP contribution >= 0.6 is 0 Å². The molecule has 13 heteroatoms. The molecule has 1 unspecified atom stereocenters. The summed E-state index contributed by atoms with van der Waals surface area (Å²) in [6.45, 7) is 15.4. The van der Waals surface area contributed by atoms with Crippen molar-refractivity contribution < 1.29 is 14.3 Å².